The van der Waals surface area contributed by atoms with Gasteiger partial charge in [0, 0.05) is 30.4 Å². The summed E-state index contributed by atoms with van der Waals surface area (Å²) in [6.45, 7) is 9.08. The van der Waals surface area contributed by atoms with Gasteiger partial charge in [0.1, 0.15) is 5.16 Å². The van der Waals surface area contributed by atoms with Gasteiger partial charge in [0.15, 0.2) is 0 Å². The third kappa shape index (κ3) is 6.75. The molecular formula is C24H29ClN2O2. The Bertz CT molecular complexity index is 832. The summed E-state index contributed by atoms with van der Waals surface area (Å²) in [6.07, 6.45) is 1.58. The average Bonchev–Trinajstić information content (AvgIpc) is 2.71. The number of benzene rings is 2. The van der Waals surface area contributed by atoms with Gasteiger partial charge in [-0.05, 0) is 36.1 Å². The van der Waals surface area contributed by atoms with E-state index >= 15 is 0 Å². The minimum Gasteiger partial charge on any atom is -0.312 e. The topological polar surface area (TPSA) is 40.6 Å². The molecule has 0 aliphatic rings. The molecule has 0 saturated heterocycles. The molecule has 29 heavy (non-hydrogen) atoms. The highest BCUT2D eigenvalue weighted by Crippen LogP contribution is 2.19. The molecule has 0 aliphatic heterocycles. The number of rotatable bonds is 8. The quantitative estimate of drug-likeness (QED) is 0.528. The van der Waals surface area contributed by atoms with E-state index in [0.29, 0.717) is 24.2 Å². The van der Waals surface area contributed by atoms with Crippen LogP contribution in [0, 0.1) is 11.8 Å². The van der Waals surface area contributed by atoms with Gasteiger partial charge in [-0.15, -0.1) is 0 Å². The first kappa shape index (κ1) is 22.7. The van der Waals surface area contributed by atoms with Crippen molar-refractivity contribution in [2.45, 2.75) is 27.7 Å². The Morgan fingerprint density at radius 2 is 1.24 bits per heavy atom. The van der Waals surface area contributed by atoms with Crippen LogP contribution >= 0.6 is 11.6 Å². The van der Waals surface area contributed by atoms with E-state index in [1.54, 1.807) is 35.4 Å². The zero-order chi connectivity index (χ0) is 21.4. The molecule has 2 aromatic rings. The van der Waals surface area contributed by atoms with Crippen molar-refractivity contribution in [2.75, 3.05) is 13.1 Å². The number of nitrogens with zero attached hydrogens (tertiary/aromatic N) is 2. The molecule has 0 aromatic heterocycles. The van der Waals surface area contributed by atoms with E-state index in [4.69, 9.17) is 11.6 Å². The molecular weight excluding hydrogens is 384 g/mol. The maximum Gasteiger partial charge on any atom is 0.258 e. The summed E-state index contributed by atoms with van der Waals surface area (Å²) in [5.41, 5.74) is 1.14. The Morgan fingerprint density at radius 1 is 0.793 bits per heavy atom. The number of hydrogen-bond donors (Lipinski definition) is 0. The molecule has 0 atom stereocenters. The number of carbonyl (C=O) groups excluding carboxylic acids is 2. The summed E-state index contributed by atoms with van der Waals surface area (Å²) in [5, 5.41) is 0.234. The van der Waals surface area contributed by atoms with Crippen molar-refractivity contribution >= 4 is 23.4 Å². The predicted molar refractivity (Wildman–Crippen MR) is 119 cm³/mol. The van der Waals surface area contributed by atoms with Gasteiger partial charge < -0.3 is 4.90 Å². The third-order valence-electron chi connectivity index (χ3n) is 4.18. The van der Waals surface area contributed by atoms with E-state index < -0.39 is 0 Å². The van der Waals surface area contributed by atoms with Crippen LogP contribution in [0.1, 0.15) is 48.4 Å². The molecule has 2 aromatic carbocycles. The number of halogens is 1. The maximum absolute atomic E-state index is 13.1. The van der Waals surface area contributed by atoms with Crippen LogP contribution in [0.3, 0.4) is 0 Å². The summed E-state index contributed by atoms with van der Waals surface area (Å²) in [5.74, 6) is 0.131. The van der Waals surface area contributed by atoms with Crippen LogP contribution in [0.25, 0.3) is 0 Å². The average molecular weight is 413 g/mol. The molecule has 0 fully saturated rings. The van der Waals surface area contributed by atoms with Crippen LogP contribution in [0.5, 0.6) is 0 Å². The molecule has 0 aliphatic carbocycles. The number of amides is 2. The van der Waals surface area contributed by atoms with Gasteiger partial charge in [-0.25, -0.2) is 0 Å². The molecule has 2 rings (SSSR count). The van der Waals surface area contributed by atoms with Crippen molar-refractivity contribution in [3.05, 3.63) is 83.1 Å². The summed E-state index contributed by atoms with van der Waals surface area (Å²) < 4.78 is 0. The molecule has 0 radical (unpaired) electrons. The van der Waals surface area contributed by atoms with Gasteiger partial charge in [-0.2, -0.15) is 0 Å². The van der Waals surface area contributed by atoms with E-state index in [-0.39, 0.29) is 28.8 Å². The smallest absolute Gasteiger partial charge is 0.258 e. The van der Waals surface area contributed by atoms with Crippen molar-refractivity contribution in [3.8, 4) is 0 Å². The van der Waals surface area contributed by atoms with Crippen molar-refractivity contribution in [2.24, 2.45) is 11.8 Å². The summed E-state index contributed by atoms with van der Waals surface area (Å²) in [6, 6.07) is 18.1. The standard InChI is InChI=1S/C24H29ClN2O2/c1-18(2)15-26(23(28)20-11-7-5-8-12-20)17-22(25)27(16-19(3)4)24(29)21-13-9-6-10-14-21/h5-14,17-19H,15-16H2,1-4H3. The lowest BCUT2D eigenvalue weighted by molar-refractivity contribution is 0.0770. The lowest BCUT2D eigenvalue weighted by Gasteiger charge is -2.27. The fraction of sp³-hybridized carbons (Fsp3) is 0.333. The first-order valence-electron chi connectivity index (χ1n) is 9.89. The normalized spacial score (nSPS) is 11.6. The second kappa shape index (κ2) is 10.8. The monoisotopic (exact) mass is 412 g/mol. The molecule has 0 saturated carbocycles. The third-order valence-corrected chi connectivity index (χ3v) is 4.48. The Hall–Kier alpha value is -2.59. The zero-order valence-electron chi connectivity index (χ0n) is 17.5. The second-order valence-electron chi connectivity index (χ2n) is 7.84. The van der Waals surface area contributed by atoms with Crippen molar-refractivity contribution in [1.82, 2.24) is 9.80 Å². The van der Waals surface area contributed by atoms with Gasteiger partial charge >= 0.3 is 0 Å². The lowest BCUT2D eigenvalue weighted by Crippen LogP contribution is -2.35. The Balaban J connectivity index is 2.37. The molecule has 0 unspecified atom stereocenters. The van der Waals surface area contributed by atoms with Gasteiger partial charge in [0.05, 0.1) is 0 Å². The van der Waals surface area contributed by atoms with Crippen LogP contribution in [0.4, 0.5) is 0 Å². The molecule has 2 amide bonds. The van der Waals surface area contributed by atoms with Crippen molar-refractivity contribution in [1.29, 1.82) is 0 Å². The zero-order valence-corrected chi connectivity index (χ0v) is 18.3. The van der Waals surface area contributed by atoms with Crippen LogP contribution in [-0.2, 0) is 0 Å². The molecule has 154 valence electrons. The van der Waals surface area contributed by atoms with Crippen molar-refractivity contribution < 1.29 is 9.59 Å². The maximum atomic E-state index is 13.1. The minimum atomic E-state index is -0.183. The molecule has 0 spiro atoms. The van der Waals surface area contributed by atoms with E-state index in [1.807, 2.05) is 64.1 Å². The van der Waals surface area contributed by atoms with E-state index in [0.717, 1.165) is 0 Å². The fourth-order valence-corrected chi connectivity index (χ4v) is 3.16. The van der Waals surface area contributed by atoms with Crippen LogP contribution in [0.15, 0.2) is 72.0 Å². The van der Waals surface area contributed by atoms with Gasteiger partial charge in [0.25, 0.3) is 11.8 Å². The van der Waals surface area contributed by atoms with Crippen LogP contribution in [0.2, 0.25) is 0 Å². The number of carbonyl (C=O) groups is 2. The molecule has 0 heterocycles. The highest BCUT2D eigenvalue weighted by molar-refractivity contribution is 6.30. The van der Waals surface area contributed by atoms with Gasteiger partial charge in [-0.1, -0.05) is 75.7 Å². The minimum absolute atomic E-state index is 0.144. The predicted octanol–water partition coefficient (Wildman–Crippen LogP) is 5.62. The SMILES string of the molecule is CC(C)CN(C=C(Cl)N(CC(C)C)C(=O)c1ccccc1)C(=O)c1ccccc1. The molecule has 5 heteroatoms. The summed E-state index contributed by atoms with van der Waals surface area (Å²) >= 11 is 6.62. The van der Waals surface area contributed by atoms with Gasteiger partial charge in [-0.3, -0.25) is 14.5 Å². The lowest BCUT2D eigenvalue weighted by atomic mass is 10.1. The van der Waals surface area contributed by atoms with Crippen molar-refractivity contribution in [3.63, 3.8) is 0 Å². The Kier molecular flexibility index (Phi) is 8.47. The Morgan fingerprint density at radius 3 is 1.69 bits per heavy atom. The molecule has 4 nitrogen and oxygen atoms in total. The van der Waals surface area contributed by atoms with Crippen LogP contribution < -0.4 is 0 Å². The summed E-state index contributed by atoms with van der Waals surface area (Å²) in [4.78, 5) is 29.2. The first-order valence-corrected chi connectivity index (χ1v) is 10.3. The van der Waals surface area contributed by atoms with E-state index in [2.05, 4.69) is 0 Å². The highest BCUT2D eigenvalue weighted by atomic mass is 35.5. The van der Waals surface area contributed by atoms with E-state index in [9.17, 15) is 9.59 Å². The molecule has 0 bridgehead atoms. The Labute approximate surface area is 178 Å². The van der Waals surface area contributed by atoms with Crippen LogP contribution in [-0.4, -0.2) is 34.7 Å². The largest absolute Gasteiger partial charge is 0.312 e. The number of hydrogen-bond acceptors (Lipinski definition) is 2. The summed E-state index contributed by atoms with van der Waals surface area (Å²) in [7, 11) is 0. The van der Waals surface area contributed by atoms with Gasteiger partial charge in [0.2, 0.25) is 0 Å². The fourth-order valence-electron chi connectivity index (χ4n) is 2.90. The second-order valence-corrected chi connectivity index (χ2v) is 8.23. The molecule has 0 N–H and O–H groups in total. The van der Waals surface area contributed by atoms with E-state index in [1.165, 1.54) is 4.90 Å². The highest BCUT2D eigenvalue weighted by Gasteiger charge is 2.22. The first-order chi connectivity index (χ1) is 13.8.